The van der Waals surface area contributed by atoms with Gasteiger partial charge in [-0.05, 0) is 6.92 Å². The zero-order chi connectivity index (χ0) is 8.74. The first-order valence-corrected chi connectivity index (χ1v) is 4.76. The standard InChI is InChI=1S/C5H12O5S/c1-2-9-3-4-10-11(7,8)5-6/h6H,2-5H2,1H3. The van der Waals surface area contributed by atoms with Crippen molar-refractivity contribution in [1.82, 2.24) is 0 Å². The molecule has 5 nitrogen and oxygen atoms in total. The first kappa shape index (κ1) is 10.8. The Kier molecular flexibility index (Phi) is 5.39. The van der Waals surface area contributed by atoms with E-state index in [2.05, 4.69) is 4.18 Å². The van der Waals surface area contributed by atoms with Gasteiger partial charge in [0, 0.05) is 6.61 Å². The molecule has 0 radical (unpaired) electrons. The van der Waals surface area contributed by atoms with Crippen LogP contribution in [0.25, 0.3) is 0 Å². The summed E-state index contributed by atoms with van der Waals surface area (Å²) in [6.45, 7) is 2.48. The topological polar surface area (TPSA) is 72.8 Å². The summed E-state index contributed by atoms with van der Waals surface area (Å²) in [5.41, 5.74) is 0. The van der Waals surface area contributed by atoms with Crippen LogP contribution < -0.4 is 0 Å². The number of ether oxygens (including phenoxy) is 1. The molecule has 0 fully saturated rings. The molecule has 0 bridgehead atoms. The van der Waals surface area contributed by atoms with E-state index in [4.69, 9.17) is 9.84 Å². The summed E-state index contributed by atoms with van der Waals surface area (Å²) in [6.07, 6.45) is 0. The molecule has 0 aliphatic carbocycles. The molecule has 0 heterocycles. The van der Waals surface area contributed by atoms with Crippen molar-refractivity contribution in [2.45, 2.75) is 6.92 Å². The van der Waals surface area contributed by atoms with Crippen molar-refractivity contribution in [3.8, 4) is 0 Å². The Bertz CT molecular complexity index is 173. The Morgan fingerprint density at radius 3 is 2.45 bits per heavy atom. The Balaban J connectivity index is 3.39. The average Bonchev–Trinajstić information content (AvgIpc) is 1.99. The second kappa shape index (κ2) is 5.48. The second-order valence-corrected chi connectivity index (χ2v) is 3.31. The lowest BCUT2D eigenvalue weighted by Gasteiger charge is -2.01. The quantitative estimate of drug-likeness (QED) is 0.437. The SMILES string of the molecule is CCOCCOS(=O)(=O)CO. The molecule has 68 valence electrons. The third kappa shape index (κ3) is 6.24. The van der Waals surface area contributed by atoms with Crippen LogP contribution in [0.3, 0.4) is 0 Å². The summed E-state index contributed by atoms with van der Waals surface area (Å²) in [7, 11) is -3.72. The van der Waals surface area contributed by atoms with E-state index in [1.807, 2.05) is 0 Å². The van der Waals surface area contributed by atoms with Gasteiger partial charge >= 0.3 is 0 Å². The lowest BCUT2D eigenvalue weighted by atomic mass is 10.8. The van der Waals surface area contributed by atoms with Gasteiger partial charge in [0.2, 0.25) is 0 Å². The Labute approximate surface area is 66.1 Å². The van der Waals surface area contributed by atoms with Crippen molar-refractivity contribution < 1.29 is 22.4 Å². The predicted octanol–water partition coefficient (Wildman–Crippen LogP) is -0.681. The number of hydrogen-bond donors (Lipinski definition) is 1. The first-order chi connectivity index (χ1) is 5.12. The van der Waals surface area contributed by atoms with E-state index >= 15 is 0 Å². The van der Waals surface area contributed by atoms with Crippen LogP contribution in [0.15, 0.2) is 0 Å². The smallest absolute Gasteiger partial charge is 0.291 e. The zero-order valence-corrected chi connectivity index (χ0v) is 7.13. The molecule has 0 amide bonds. The predicted molar refractivity (Wildman–Crippen MR) is 38.5 cm³/mol. The van der Waals surface area contributed by atoms with Crippen LogP contribution in [0.4, 0.5) is 0 Å². The van der Waals surface area contributed by atoms with Gasteiger partial charge in [-0.3, -0.25) is 4.18 Å². The highest BCUT2D eigenvalue weighted by molar-refractivity contribution is 7.86. The van der Waals surface area contributed by atoms with Gasteiger partial charge in [0.25, 0.3) is 10.1 Å². The number of aliphatic hydroxyl groups is 1. The molecule has 0 spiro atoms. The maximum Gasteiger partial charge on any atom is 0.291 e. The van der Waals surface area contributed by atoms with E-state index in [1.165, 1.54) is 0 Å². The normalized spacial score (nSPS) is 11.8. The van der Waals surface area contributed by atoms with E-state index < -0.39 is 16.1 Å². The van der Waals surface area contributed by atoms with Crippen molar-refractivity contribution in [3.05, 3.63) is 0 Å². The highest BCUT2D eigenvalue weighted by Crippen LogP contribution is 1.89. The van der Waals surface area contributed by atoms with Gasteiger partial charge in [-0.1, -0.05) is 0 Å². The van der Waals surface area contributed by atoms with Gasteiger partial charge in [-0.25, -0.2) is 0 Å². The largest absolute Gasteiger partial charge is 0.379 e. The maximum absolute atomic E-state index is 10.4. The minimum Gasteiger partial charge on any atom is -0.379 e. The van der Waals surface area contributed by atoms with Crippen LogP contribution in [0, 0.1) is 0 Å². The molecule has 0 aliphatic heterocycles. The summed E-state index contributed by atoms with van der Waals surface area (Å²) in [4.78, 5) is 0. The van der Waals surface area contributed by atoms with E-state index in [9.17, 15) is 8.42 Å². The Morgan fingerprint density at radius 1 is 1.36 bits per heavy atom. The number of rotatable bonds is 6. The maximum atomic E-state index is 10.4. The molecule has 0 rings (SSSR count). The van der Waals surface area contributed by atoms with Crippen molar-refractivity contribution in [2.75, 3.05) is 25.8 Å². The molecule has 0 aliphatic rings. The summed E-state index contributed by atoms with van der Waals surface area (Å²) < 4.78 is 29.9. The molecule has 0 atom stereocenters. The van der Waals surface area contributed by atoms with Crippen LogP contribution in [-0.4, -0.2) is 39.3 Å². The third-order valence-corrected chi connectivity index (χ3v) is 1.69. The highest BCUT2D eigenvalue weighted by Gasteiger charge is 2.06. The molecule has 0 aromatic heterocycles. The van der Waals surface area contributed by atoms with Crippen LogP contribution in [0.1, 0.15) is 6.92 Å². The van der Waals surface area contributed by atoms with E-state index in [0.29, 0.717) is 6.61 Å². The van der Waals surface area contributed by atoms with Crippen LogP contribution in [0.2, 0.25) is 0 Å². The summed E-state index contributed by atoms with van der Waals surface area (Å²) in [5.74, 6) is -0.987. The molecule has 0 saturated carbocycles. The molecule has 11 heavy (non-hydrogen) atoms. The van der Waals surface area contributed by atoms with Crippen molar-refractivity contribution in [1.29, 1.82) is 0 Å². The van der Waals surface area contributed by atoms with Crippen LogP contribution in [-0.2, 0) is 19.0 Å². The Hall–Kier alpha value is -0.170. The van der Waals surface area contributed by atoms with Crippen molar-refractivity contribution in [3.63, 3.8) is 0 Å². The van der Waals surface area contributed by atoms with E-state index in [-0.39, 0.29) is 13.2 Å². The molecule has 0 aromatic rings. The summed E-state index contributed by atoms with van der Waals surface area (Å²) in [5, 5.41) is 8.20. The zero-order valence-electron chi connectivity index (χ0n) is 6.32. The molecular weight excluding hydrogens is 172 g/mol. The molecule has 1 N–H and O–H groups in total. The van der Waals surface area contributed by atoms with Crippen LogP contribution in [0.5, 0.6) is 0 Å². The number of aliphatic hydroxyl groups excluding tert-OH is 1. The molecule has 0 aromatic carbocycles. The number of hydrogen-bond acceptors (Lipinski definition) is 5. The first-order valence-electron chi connectivity index (χ1n) is 3.18. The molecule has 6 heteroatoms. The lowest BCUT2D eigenvalue weighted by molar-refractivity contribution is 0.110. The minimum absolute atomic E-state index is 0.0449. The second-order valence-electron chi connectivity index (χ2n) is 1.71. The fourth-order valence-electron chi connectivity index (χ4n) is 0.402. The van der Waals surface area contributed by atoms with Gasteiger partial charge in [-0.2, -0.15) is 8.42 Å². The minimum atomic E-state index is -3.72. The lowest BCUT2D eigenvalue weighted by Crippen LogP contribution is -2.13. The molecular formula is C5H12O5S. The van der Waals surface area contributed by atoms with Gasteiger partial charge in [0.1, 0.15) is 0 Å². The van der Waals surface area contributed by atoms with E-state index in [1.54, 1.807) is 6.92 Å². The van der Waals surface area contributed by atoms with Crippen LogP contribution >= 0.6 is 0 Å². The van der Waals surface area contributed by atoms with Gasteiger partial charge in [0.05, 0.1) is 13.2 Å². The highest BCUT2D eigenvalue weighted by atomic mass is 32.2. The summed E-state index contributed by atoms with van der Waals surface area (Å²) >= 11 is 0. The van der Waals surface area contributed by atoms with Gasteiger partial charge < -0.3 is 9.84 Å². The average molecular weight is 184 g/mol. The van der Waals surface area contributed by atoms with Gasteiger partial charge in [0.15, 0.2) is 5.94 Å². The Morgan fingerprint density at radius 2 is 2.00 bits per heavy atom. The summed E-state index contributed by atoms with van der Waals surface area (Å²) in [6, 6.07) is 0. The molecule has 0 unspecified atom stereocenters. The fourth-order valence-corrected chi connectivity index (χ4v) is 0.798. The molecule has 0 saturated heterocycles. The third-order valence-electron chi connectivity index (χ3n) is 0.853. The van der Waals surface area contributed by atoms with Gasteiger partial charge in [-0.15, -0.1) is 0 Å². The van der Waals surface area contributed by atoms with E-state index in [0.717, 1.165) is 0 Å². The van der Waals surface area contributed by atoms with Crippen molar-refractivity contribution >= 4 is 10.1 Å². The van der Waals surface area contributed by atoms with Crippen molar-refractivity contribution in [2.24, 2.45) is 0 Å². The fraction of sp³-hybridized carbons (Fsp3) is 1.00. The monoisotopic (exact) mass is 184 g/mol.